The van der Waals surface area contributed by atoms with Gasteiger partial charge in [0.15, 0.2) is 0 Å². The third kappa shape index (κ3) is 3.03. The van der Waals surface area contributed by atoms with Crippen molar-refractivity contribution in [3.63, 3.8) is 0 Å². The minimum Gasteiger partial charge on any atom is -0.308 e. The van der Waals surface area contributed by atoms with E-state index < -0.39 is 12.3 Å². The van der Waals surface area contributed by atoms with E-state index in [0.717, 1.165) is 12.8 Å². The number of rotatable bonds is 5. The number of nitriles is 1. The first-order valence-electron chi connectivity index (χ1n) is 7.18. The van der Waals surface area contributed by atoms with Gasteiger partial charge < -0.3 is 5.32 Å². The van der Waals surface area contributed by atoms with E-state index in [1.807, 2.05) is 6.07 Å². The van der Waals surface area contributed by atoms with Gasteiger partial charge in [-0.2, -0.15) is 15.5 Å². The average molecular weight is 399 g/mol. The van der Waals surface area contributed by atoms with Gasteiger partial charge in [-0.15, -0.1) is 0 Å². The number of alkyl halides is 2. The predicted molar refractivity (Wildman–Crippen MR) is 83.4 cm³/mol. The summed E-state index contributed by atoms with van der Waals surface area (Å²) in [5.74, 6) is -0.0675. The number of carbonyl (C=O) groups excluding carboxylic acids is 1. The van der Waals surface area contributed by atoms with Gasteiger partial charge in [0.2, 0.25) is 5.91 Å². The van der Waals surface area contributed by atoms with E-state index in [2.05, 4.69) is 31.4 Å². The third-order valence-corrected chi connectivity index (χ3v) is 4.55. The van der Waals surface area contributed by atoms with Crippen LogP contribution in [0.1, 0.15) is 42.1 Å². The topological polar surface area (TPSA) is 88.5 Å². The second-order valence-electron chi connectivity index (χ2n) is 5.51. The molecular formula is C14H13BrF2N6O. The molecule has 2 aromatic rings. The van der Waals surface area contributed by atoms with Gasteiger partial charge in [0.25, 0.3) is 6.43 Å². The van der Waals surface area contributed by atoms with Gasteiger partial charge in [-0.3, -0.25) is 14.2 Å². The highest BCUT2D eigenvalue weighted by molar-refractivity contribution is 9.10. The number of halogens is 3. The number of anilines is 1. The highest BCUT2D eigenvalue weighted by Crippen LogP contribution is 2.45. The second-order valence-corrected chi connectivity index (χ2v) is 6.30. The molecule has 0 bridgehead atoms. The maximum atomic E-state index is 13.0. The van der Waals surface area contributed by atoms with Crippen molar-refractivity contribution in [2.75, 3.05) is 5.32 Å². The summed E-state index contributed by atoms with van der Waals surface area (Å²) in [4.78, 5) is 12.3. The van der Waals surface area contributed by atoms with Crippen molar-refractivity contribution < 1.29 is 13.6 Å². The Balaban J connectivity index is 1.83. The largest absolute Gasteiger partial charge is 0.308 e. The van der Waals surface area contributed by atoms with E-state index in [4.69, 9.17) is 5.26 Å². The van der Waals surface area contributed by atoms with E-state index in [-0.39, 0.29) is 34.0 Å². The molecule has 0 aromatic carbocycles. The highest BCUT2D eigenvalue weighted by atomic mass is 79.9. The van der Waals surface area contributed by atoms with Gasteiger partial charge in [0.1, 0.15) is 29.7 Å². The molecule has 2 aromatic heterocycles. The summed E-state index contributed by atoms with van der Waals surface area (Å²) >= 11 is 3.18. The molecule has 1 aliphatic carbocycles. The molecule has 1 N–H and O–H groups in total. The quantitative estimate of drug-likeness (QED) is 0.838. The standard InChI is InChI=1S/C14H13BrF2N6O/c1-22-14(8(4-18)5-19-22)20-9(24)6-23-12(7-2-3-7)10(15)11(21-23)13(16)17/h5,7,13H,2-3,6H2,1H3,(H,20,24). The number of aromatic nitrogens is 4. The Hall–Kier alpha value is -2.28. The van der Waals surface area contributed by atoms with Gasteiger partial charge in [-0.1, -0.05) is 0 Å². The fraction of sp³-hybridized carbons (Fsp3) is 0.429. The maximum absolute atomic E-state index is 13.0. The molecule has 1 saturated carbocycles. The van der Waals surface area contributed by atoms with Crippen LogP contribution < -0.4 is 5.32 Å². The van der Waals surface area contributed by atoms with Crippen molar-refractivity contribution in [3.05, 3.63) is 27.6 Å². The van der Waals surface area contributed by atoms with Crippen LogP contribution in [0, 0.1) is 11.3 Å². The van der Waals surface area contributed by atoms with E-state index in [1.165, 1.54) is 15.6 Å². The van der Waals surface area contributed by atoms with Crippen molar-refractivity contribution in [2.24, 2.45) is 7.05 Å². The van der Waals surface area contributed by atoms with Crippen molar-refractivity contribution in [3.8, 4) is 6.07 Å². The molecule has 0 unspecified atom stereocenters. The van der Waals surface area contributed by atoms with Gasteiger partial charge in [0.05, 0.1) is 16.4 Å². The number of nitrogens with zero attached hydrogens (tertiary/aromatic N) is 5. The zero-order chi connectivity index (χ0) is 17.4. The van der Waals surface area contributed by atoms with Crippen molar-refractivity contribution in [1.29, 1.82) is 5.26 Å². The summed E-state index contributed by atoms with van der Waals surface area (Å²) in [6.07, 6.45) is 0.387. The molecule has 0 aliphatic heterocycles. The number of hydrogen-bond acceptors (Lipinski definition) is 4. The minimum absolute atomic E-state index is 0.138. The summed E-state index contributed by atoms with van der Waals surface area (Å²) in [5.41, 5.74) is 0.483. The van der Waals surface area contributed by atoms with Crippen LogP contribution in [-0.4, -0.2) is 25.5 Å². The molecule has 0 spiro atoms. The van der Waals surface area contributed by atoms with Crippen LogP contribution in [0.25, 0.3) is 0 Å². The Morgan fingerprint density at radius 1 is 1.58 bits per heavy atom. The van der Waals surface area contributed by atoms with E-state index in [0.29, 0.717) is 5.69 Å². The summed E-state index contributed by atoms with van der Waals surface area (Å²) in [5, 5.41) is 19.3. The first-order chi connectivity index (χ1) is 11.4. The molecular weight excluding hydrogens is 386 g/mol. The zero-order valence-corrected chi connectivity index (χ0v) is 14.2. The number of hydrogen-bond donors (Lipinski definition) is 1. The van der Waals surface area contributed by atoms with Crippen LogP contribution in [-0.2, 0) is 18.4 Å². The lowest BCUT2D eigenvalue weighted by Gasteiger charge is -2.09. The SMILES string of the molecule is Cn1ncc(C#N)c1NC(=O)Cn1nc(C(F)F)c(Br)c1C1CC1. The first kappa shape index (κ1) is 16.6. The number of nitrogens with one attached hydrogen (secondary N) is 1. The highest BCUT2D eigenvalue weighted by Gasteiger charge is 2.34. The predicted octanol–water partition coefficient (Wildman–Crippen LogP) is 2.70. The summed E-state index contributed by atoms with van der Waals surface area (Å²) in [7, 11) is 1.59. The molecule has 2 heterocycles. The molecule has 1 fully saturated rings. The molecule has 0 radical (unpaired) electrons. The Morgan fingerprint density at radius 2 is 2.29 bits per heavy atom. The van der Waals surface area contributed by atoms with Crippen molar-refractivity contribution in [2.45, 2.75) is 31.7 Å². The molecule has 7 nitrogen and oxygen atoms in total. The van der Waals surface area contributed by atoms with Crippen molar-refractivity contribution >= 4 is 27.7 Å². The summed E-state index contributed by atoms with van der Waals surface area (Å²) in [6, 6.07) is 1.93. The fourth-order valence-electron chi connectivity index (χ4n) is 2.45. The maximum Gasteiger partial charge on any atom is 0.283 e. The molecule has 1 amide bonds. The summed E-state index contributed by atoms with van der Waals surface area (Å²) < 4.78 is 29.0. The molecule has 3 rings (SSSR count). The Kier molecular flexibility index (Phi) is 4.36. The van der Waals surface area contributed by atoms with Gasteiger partial charge in [0, 0.05) is 13.0 Å². The van der Waals surface area contributed by atoms with Crippen LogP contribution in [0.2, 0.25) is 0 Å². The van der Waals surface area contributed by atoms with Crippen LogP contribution in [0.15, 0.2) is 10.7 Å². The van der Waals surface area contributed by atoms with E-state index in [9.17, 15) is 13.6 Å². The zero-order valence-electron chi connectivity index (χ0n) is 12.6. The Morgan fingerprint density at radius 3 is 2.88 bits per heavy atom. The van der Waals surface area contributed by atoms with Crippen LogP contribution >= 0.6 is 15.9 Å². The lowest BCUT2D eigenvalue weighted by atomic mass is 10.2. The Labute approximate surface area is 144 Å². The van der Waals surface area contributed by atoms with Gasteiger partial charge in [-0.05, 0) is 28.8 Å². The molecule has 1 aliphatic rings. The monoisotopic (exact) mass is 398 g/mol. The lowest BCUT2D eigenvalue weighted by molar-refractivity contribution is -0.117. The van der Waals surface area contributed by atoms with Crippen LogP contribution in [0.4, 0.5) is 14.6 Å². The number of amides is 1. The van der Waals surface area contributed by atoms with Crippen LogP contribution in [0.5, 0.6) is 0 Å². The Bertz CT molecular complexity index is 833. The third-order valence-electron chi connectivity index (χ3n) is 3.74. The molecule has 10 heteroatoms. The molecule has 24 heavy (non-hydrogen) atoms. The molecule has 0 saturated heterocycles. The lowest BCUT2D eigenvalue weighted by Crippen LogP contribution is -2.22. The van der Waals surface area contributed by atoms with Crippen LogP contribution in [0.3, 0.4) is 0 Å². The second kappa shape index (κ2) is 6.32. The minimum atomic E-state index is -2.72. The molecule has 0 atom stereocenters. The summed E-state index contributed by atoms with van der Waals surface area (Å²) in [6.45, 7) is -0.215. The average Bonchev–Trinajstić information content (AvgIpc) is 3.22. The van der Waals surface area contributed by atoms with E-state index >= 15 is 0 Å². The smallest absolute Gasteiger partial charge is 0.283 e. The first-order valence-corrected chi connectivity index (χ1v) is 7.97. The van der Waals surface area contributed by atoms with Crippen molar-refractivity contribution in [1.82, 2.24) is 19.6 Å². The van der Waals surface area contributed by atoms with Gasteiger partial charge in [-0.25, -0.2) is 8.78 Å². The fourth-order valence-corrected chi connectivity index (χ4v) is 3.24. The number of aryl methyl sites for hydroxylation is 1. The van der Waals surface area contributed by atoms with E-state index in [1.54, 1.807) is 7.05 Å². The normalized spacial score (nSPS) is 14.0. The van der Waals surface area contributed by atoms with Gasteiger partial charge >= 0.3 is 0 Å². The number of carbonyl (C=O) groups is 1. The molecule has 126 valence electrons.